The number of amides is 1. The van der Waals surface area contributed by atoms with Crippen LogP contribution in [0.1, 0.15) is 38.9 Å². The van der Waals surface area contributed by atoms with E-state index in [1.807, 2.05) is 12.1 Å². The van der Waals surface area contributed by atoms with Crippen molar-refractivity contribution in [2.24, 2.45) is 0 Å². The van der Waals surface area contributed by atoms with E-state index in [4.69, 9.17) is 25.5 Å². The van der Waals surface area contributed by atoms with Crippen LogP contribution in [0.5, 0.6) is 17.2 Å². The van der Waals surface area contributed by atoms with Crippen LogP contribution in [0.25, 0.3) is 11.0 Å². The summed E-state index contributed by atoms with van der Waals surface area (Å²) in [7, 11) is 3.01. The lowest BCUT2D eigenvalue weighted by Gasteiger charge is -2.26. The molecule has 9 heteroatoms. The normalized spacial score (nSPS) is 14.9. The highest BCUT2D eigenvalue weighted by molar-refractivity contribution is 9.10. The Bertz CT molecular complexity index is 1580. The number of aryl methyl sites for hydroxylation is 1. The Labute approximate surface area is 219 Å². The number of methoxy groups -OCH3 is 2. The van der Waals surface area contributed by atoms with Crippen LogP contribution in [0.3, 0.4) is 0 Å². The fraction of sp³-hybridized carbons (Fsp3) is 0.185. The first-order valence-electron chi connectivity index (χ1n) is 11.0. The molecule has 0 aliphatic carbocycles. The minimum Gasteiger partial charge on any atom is -0.503 e. The lowest BCUT2D eigenvalue weighted by atomic mass is 9.97. The summed E-state index contributed by atoms with van der Waals surface area (Å²) in [6.45, 7) is 2.00. The van der Waals surface area contributed by atoms with Gasteiger partial charge in [0.2, 0.25) is 5.76 Å². The molecule has 7 nitrogen and oxygen atoms in total. The number of carbonyl (C=O) groups is 1. The van der Waals surface area contributed by atoms with Gasteiger partial charge in [-0.25, -0.2) is 0 Å². The van der Waals surface area contributed by atoms with Crippen molar-refractivity contribution < 1.29 is 23.8 Å². The molecule has 1 N–H and O–H groups in total. The summed E-state index contributed by atoms with van der Waals surface area (Å²) in [5.74, 6) is 0.374. The van der Waals surface area contributed by atoms with Crippen LogP contribution in [-0.4, -0.2) is 30.1 Å². The number of carbonyl (C=O) groups excluding carboxylic acids is 1. The highest BCUT2D eigenvalue weighted by Gasteiger charge is 2.43. The highest BCUT2D eigenvalue weighted by Crippen LogP contribution is 2.44. The molecule has 3 aromatic carbocycles. The number of fused-ring (bicyclic) bond motifs is 2. The number of nitrogens with zero attached hydrogens (tertiary/aromatic N) is 1. The summed E-state index contributed by atoms with van der Waals surface area (Å²) in [5, 5.41) is 11.1. The molecular formula is C27H21BrClNO6. The third-order valence-electron chi connectivity index (χ3n) is 6.35. The molecule has 0 bridgehead atoms. The SMILES string of the molecule is COc1ccc(CN2C(=O)c3oc4cc(C)c(Cl)cc4c(=O)c3C2c2cc(Br)c(O)c(OC)c2)cc1. The minimum absolute atomic E-state index is 0.0177. The zero-order chi connectivity index (χ0) is 25.7. The third-order valence-corrected chi connectivity index (χ3v) is 7.36. The van der Waals surface area contributed by atoms with Crippen molar-refractivity contribution in [2.45, 2.75) is 19.5 Å². The molecule has 0 saturated heterocycles. The molecule has 0 spiro atoms. The number of aromatic hydroxyl groups is 1. The monoisotopic (exact) mass is 569 g/mol. The Balaban J connectivity index is 1.74. The molecule has 36 heavy (non-hydrogen) atoms. The molecule has 1 aliphatic heterocycles. The number of ether oxygens (including phenoxy) is 2. The van der Waals surface area contributed by atoms with Gasteiger partial charge in [-0.05, 0) is 75.9 Å². The van der Waals surface area contributed by atoms with E-state index in [2.05, 4.69) is 15.9 Å². The lowest BCUT2D eigenvalue weighted by Crippen LogP contribution is -2.29. The smallest absolute Gasteiger partial charge is 0.291 e. The number of phenolic OH excluding ortho intramolecular Hbond substituents is 1. The second-order valence-electron chi connectivity index (χ2n) is 8.51. The first kappa shape index (κ1) is 24.2. The first-order valence-corrected chi connectivity index (χ1v) is 12.2. The van der Waals surface area contributed by atoms with Crippen LogP contribution < -0.4 is 14.9 Å². The lowest BCUT2D eigenvalue weighted by molar-refractivity contribution is 0.0714. The fourth-order valence-corrected chi connectivity index (χ4v) is 5.11. The van der Waals surface area contributed by atoms with E-state index in [0.717, 1.165) is 11.1 Å². The number of benzene rings is 3. The largest absolute Gasteiger partial charge is 0.503 e. The summed E-state index contributed by atoms with van der Waals surface area (Å²) in [6, 6.07) is 13.0. The van der Waals surface area contributed by atoms with E-state index >= 15 is 0 Å². The van der Waals surface area contributed by atoms with Gasteiger partial charge in [0.25, 0.3) is 5.91 Å². The van der Waals surface area contributed by atoms with Crippen molar-refractivity contribution in [3.63, 3.8) is 0 Å². The van der Waals surface area contributed by atoms with Gasteiger partial charge in [0.05, 0.1) is 35.7 Å². The average molecular weight is 571 g/mol. The topological polar surface area (TPSA) is 89.2 Å². The molecule has 1 atom stereocenters. The summed E-state index contributed by atoms with van der Waals surface area (Å²) in [6.07, 6.45) is 0. The van der Waals surface area contributed by atoms with Crippen molar-refractivity contribution in [1.29, 1.82) is 0 Å². The summed E-state index contributed by atoms with van der Waals surface area (Å²) < 4.78 is 17.0. The van der Waals surface area contributed by atoms with E-state index in [0.29, 0.717) is 31.8 Å². The molecular weight excluding hydrogens is 550 g/mol. The molecule has 1 aliphatic rings. The standard InChI is InChI=1S/C27H21BrClNO6/c1-13-8-20-17(11-19(13)29)24(31)22-23(15-9-18(28)25(32)21(10-15)35-3)30(27(33)26(22)36-20)12-14-4-6-16(34-2)7-5-14/h4-11,23,32H,12H2,1-3H3. The van der Waals surface area contributed by atoms with Crippen LogP contribution in [0.15, 0.2) is 62.2 Å². The van der Waals surface area contributed by atoms with Gasteiger partial charge < -0.3 is 23.9 Å². The van der Waals surface area contributed by atoms with Gasteiger partial charge in [0.1, 0.15) is 11.3 Å². The molecule has 1 amide bonds. The molecule has 0 radical (unpaired) electrons. The Morgan fingerprint density at radius 1 is 1.08 bits per heavy atom. The van der Waals surface area contributed by atoms with Crippen LogP contribution in [-0.2, 0) is 6.54 Å². The zero-order valence-corrected chi connectivity index (χ0v) is 21.9. The summed E-state index contributed by atoms with van der Waals surface area (Å²) >= 11 is 9.66. The Hall–Kier alpha value is -3.49. The molecule has 5 rings (SSSR count). The van der Waals surface area contributed by atoms with Gasteiger partial charge in [-0.2, -0.15) is 0 Å². The van der Waals surface area contributed by atoms with Crippen molar-refractivity contribution in [3.8, 4) is 17.2 Å². The number of halogens is 2. The van der Waals surface area contributed by atoms with Crippen molar-refractivity contribution >= 4 is 44.4 Å². The quantitative estimate of drug-likeness (QED) is 0.317. The van der Waals surface area contributed by atoms with Crippen LogP contribution in [0, 0.1) is 6.92 Å². The first-order chi connectivity index (χ1) is 17.2. The molecule has 1 aromatic heterocycles. The van der Waals surface area contributed by atoms with Gasteiger partial charge in [-0.1, -0.05) is 23.7 Å². The maximum Gasteiger partial charge on any atom is 0.291 e. The zero-order valence-electron chi connectivity index (χ0n) is 19.6. The van der Waals surface area contributed by atoms with Crippen molar-refractivity contribution in [3.05, 3.63) is 96.3 Å². The van der Waals surface area contributed by atoms with E-state index in [-0.39, 0.29) is 34.8 Å². The van der Waals surface area contributed by atoms with Crippen LogP contribution >= 0.6 is 27.5 Å². The maximum absolute atomic E-state index is 13.8. The Morgan fingerprint density at radius 2 is 1.81 bits per heavy atom. The highest BCUT2D eigenvalue weighted by atomic mass is 79.9. The molecule has 0 saturated carbocycles. The number of hydrogen-bond donors (Lipinski definition) is 1. The molecule has 4 aromatic rings. The number of phenols is 1. The molecule has 2 heterocycles. The molecule has 1 unspecified atom stereocenters. The molecule has 0 fully saturated rings. The third kappa shape index (κ3) is 3.90. The van der Waals surface area contributed by atoms with Crippen LogP contribution in [0.4, 0.5) is 0 Å². The number of rotatable bonds is 5. The Morgan fingerprint density at radius 3 is 2.47 bits per heavy atom. The van der Waals surface area contributed by atoms with E-state index in [1.165, 1.54) is 7.11 Å². The predicted octanol–water partition coefficient (Wildman–Crippen LogP) is 5.99. The van der Waals surface area contributed by atoms with Gasteiger partial charge >= 0.3 is 0 Å². The van der Waals surface area contributed by atoms with Gasteiger partial charge in [-0.15, -0.1) is 0 Å². The van der Waals surface area contributed by atoms with E-state index in [1.54, 1.807) is 55.3 Å². The Kier molecular flexibility index (Phi) is 6.18. The predicted molar refractivity (Wildman–Crippen MR) is 139 cm³/mol. The van der Waals surface area contributed by atoms with Crippen LogP contribution in [0.2, 0.25) is 5.02 Å². The van der Waals surface area contributed by atoms with E-state index in [9.17, 15) is 14.7 Å². The second-order valence-corrected chi connectivity index (χ2v) is 9.77. The summed E-state index contributed by atoms with van der Waals surface area (Å²) in [5.41, 5.74) is 2.30. The van der Waals surface area contributed by atoms with Gasteiger partial charge in [0, 0.05) is 11.6 Å². The van der Waals surface area contributed by atoms with E-state index < -0.39 is 11.9 Å². The minimum atomic E-state index is -0.791. The van der Waals surface area contributed by atoms with Gasteiger partial charge in [-0.3, -0.25) is 9.59 Å². The molecule has 184 valence electrons. The fourth-order valence-electron chi connectivity index (χ4n) is 4.49. The van der Waals surface area contributed by atoms with Gasteiger partial charge in [0.15, 0.2) is 16.9 Å². The average Bonchev–Trinajstić information content (AvgIpc) is 3.14. The van der Waals surface area contributed by atoms with Crippen molar-refractivity contribution in [2.75, 3.05) is 14.2 Å². The summed E-state index contributed by atoms with van der Waals surface area (Å²) in [4.78, 5) is 29.1. The second kappa shape index (κ2) is 9.19. The maximum atomic E-state index is 13.8. The number of hydrogen-bond acceptors (Lipinski definition) is 6. The van der Waals surface area contributed by atoms with Crippen molar-refractivity contribution in [1.82, 2.24) is 4.90 Å².